The van der Waals surface area contributed by atoms with Crippen LogP contribution < -0.4 is 10.2 Å². The predicted molar refractivity (Wildman–Crippen MR) is 113 cm³/mol. The maximum absolute atomic E-state index is 5.28. The van der Waals surface area contributed by atoms with Crippen molar-refractivity contribution in [1.82, 2.24) is 10.2 Å². The van der Waals surface area contributed by atoms with Crippen LogP contribution in [0.4, 0.5) is 5.69 Å². The molecular formula is C18H31IN4O. The highest BCUT2D eigenvalue weighted by atomic mass is 127. The molecule has 0 bridgehead atoms. The van der Waals surface area contributed by atoms with Crippen molar-refractivity contribution in [3.05, 3.63) is 29.8 Å². The molecule has 136 valence electrons. The van der Waals surface area contributed by atoms with Crippen LogP contribution in [-0.4, -0.2) is 58.3 Å². The lowest BCUT2D eigenvalue weighted by molar-refractivity contribution is 0.157. The van der Waals surface area contributed by atoms with Crippen molar-refractivity contribution in [2.24, 2.45) is 10.9 Å². The Morgan fingerprint density at radius 1 is 1.33 bits per heavy atom. The van der Waals surface area contributed by atoms with Gasteiger partial charge in [0.1, 0.15) is 0 Å². The molecule has 1 heterocycles. The first kappa shape index (κ1) is 21.0. The lowest BCUT2D eigenvalue weighted by atomic mass is 10.1. The summed E-state index contributed by atoms with van der Waals surface area (Å²) < 4.78 is 5.28. The van der Waals surface area contributed by atoms with E-state index >= 15 is 0 Å². The molecule has 1 fully saturated rings. The van der Waals surface area contributed by atoms with E-state index in [1.807, 2.05) is 0 Å². The topological polar surface area (TPSA) is 40.1 Å². The maximum Gasteiger partial charge on any atom is 0.194 e. The Balaban J connectivity index is 0.00000288. The minimum atomic E-state index is 0. The normalized spacial score (nSPS) is 17.6. The van der Waals surface area contributed by atoms with Crippen molar-refractivity contribution < 1.29 is 4.74 Å². The van der Waals surface area contributed by atoms with Crippen molar-refractivity contribution in [3.63, 3.8) is 0 Å². The molecule has 1 atom stereocenters. The molecule has 1 N–H and O–H groups in total. The number of benzene rings is 1. The first-order chi connectivity index (χ1) is 11.1. The number of anilines is 1. The molecule has 1 aromatic carbocycles. The van der Waals surface area contributed by atoms with E-state index in [0.717, 1.165) is 32.2 Å². The van der Waals surface area contributed by atoms with Gasteiger partial charge >= 0.3 is 0 Å². The third-order valence-corrected chi connectivity index (χ3v) is 4.19. The number of guanidine groups is 1. The minimum Gasteiger partial charge on any atom is -0.384 e. The van der Waals surface area contributed by atoms with E-state index in [0.29, 0.717) is 12.5 Å². The highest BCUT2D eigenvalue weighted by Gasteiger charge is 2.24. The number of ether oxygens (including phenoxy) is 1. The van der Waals surface area contributed by atoms with Crippen molar-refractivity contribution in [2.45, 2.75) is 19.9 Å². The Morgan fingerprint density at radius 3 is 2.62 bits per heavy atom. The van der Waals surface area contributed by atoms with Gasteiger partial charge in [-0.25, -0.2) is 4.99 Å². The monoisotopic (exact) mass is 446 g/mol. The van der Waals surface area contributed by atoms with Crippen LogP contribution in [0.2, 0.25) is 0 Å². The molecule has 24 heavy (non-hydrogen) atoms. The number of rotatable bonds is 6. The Labute approximate surface area is 163 Å². The summed E-state index contributed by atoms with van der Waals surface area (Å²) in [5.74, 6) is 1.63. The predicted octanol–water partition coefficient (Wildman–Crippen LogP) is 2.80. The molecule has 6 heteroatoms. The molecule has 0 amide bonds. The maximum atomic E-state index is 5.28. The van der Waals surface area contributed by atoms with Gasteiger partial charge in [0.25, 0.3) is 0 Å². The summed E-state index contributed by atoms with van der Waals surface area (Å²) in [5, 5.41) is 3.41. The van der Waals surface area contributed by atoms with Crippen molar-refractivity contribution in [2.75, 3.05) is 52.3 Å². The van der Waals surface area contributed by atoms with Crippen LogP contribution >= 0.6 is 24.0 Å². The Kier molecular flexibility index (Phi) is 9.43. The van der Waals surface area contributed by atoms with Gasteiger partial charge in [0.15, 0.2) is 5.96 Å². The van der Waals surface area contributed by atoms with Crippen LogP contribution in [0.1, 0.15) is 18.9 Å². The fourth-order valence-corrected chi connectivity index (χ4v) is 2.89. The molecule has 0 saturated carbocycles. The van der Waals surface area contributed by atoms with E-state index in [1.165, 1.54) is 17.7 Å². The number of likely N-dealkylation sites (tertiary alicyclic amines) is 1. The molecule has 5 nitrogen and oxygen atoms in total. The standard InChI is InChI=1S/C18H30N4O.HI/c1-5-19-18(22-11-10-16(13-22)14-23-4)20-12-15-6-8-17(9-7-15)21(2)3;/h6-9,16H,5,10-14H2,1-4H3,(H,19,20);1H. The summed E-state index contributed by atoms with van der Waals surface area (Å²) in [6, 6.07) is 8.59. The molecule has 1 aliphatic heterocycles. The molecular weight excluding hydrogens is 415 g/mol. The number of halogens is 1. The average molecular weight is 446 g/mol. The van der Waals surface area contributed by atoms with Gasteiger partial charge in [-0.3, -0.25) is 0 Å². The lowest BCUT2D eigenvalue weighted by Gasteiger charge is -2.21. The van der Waals surface area contributed by atoms with Crippen LogP contribution in [0, 0.1) is 5.92 Å². The number of nitrogens with zero attached hydrogens (tertiary/aromatic N) is 3. The van der Waals surface area contributed by atoms with E-state index in [2.05, 4.69) is 60.4 Å². The van der Waals surface area contributed by atoms with E-state index in [4.69, 9.17) is 9.73 Å². The Morgan fingerprint density at radius 2 is 2.04 bits per heavy atom. The van der Waals surface area contributed by atoms with Crippen LogP contribution in [0.5, 0.6) is 0 Å². The highest BCUT2D eigenvalue weighted by Crippen LogP contribution is 2.17. The zero-order valence-electron chi connectivity index (χ0n) is 15.3. The highest BCUT2D eigenvalue weighted by molar-refractivity contribution is 14.0. The Hall–Kier alpha value is -1.02. The second-order valence-corrected chi connectivity index (χ2v) is 6.29. The summed E-state index contributed by atoms with van der Waals surface area (Å²) in [6.07, 6.45) is 1.18. The van der Waals surface area contributed by atoms with Crippen molar-refractivity contribution in [1.29, 1.82) is 0 Å². The van der Waals surface area contributed by atoms with Crippen molar-refractivity contribution in [3.8, 4) is 0 Å². The number of methoxy groups -OCH3 is 1. The van der Waals surface area contributed by atoms with Gasteiger partial charge in [-0.1, -0.05) is 12.1 Å². The van der Waals surface area contributed by atoms with E-state index < -0.39 is 0 Å². The van der Waals surface area contributed by atoms with Crippen molar-refractivity contribution >= 4 is 35.6 Å². The molecule has 1 aliphatic rings. The number of hydrogen-bond acceptors (Lipinski definition) is 3. The third-order valence-electron chi connectivity index (χ3n) is 4.19. The first-order valence-electron chi connectivity index (χ1n) is 8.42. The molecule has 0 spiro atoms. The van der Waals surface area contributed by atoms with Gasteiger partial charge in [0, 0.05) is 52.4 Å². The van der Waals surface area contributed by atoms with Gasteiger partial charge in [-0.15, -0.1) is 24.0 Å². The number of hydrogen-bond donors (Lipinski definition) is 1. The number of nitrogens with one attached hydrogen (secondary N) is 1. The SMILES string of the molecule is CCNC(=NCc1ccc(N(C)C)cc1)N1CCC(COC)C1.I. The van der Waals surface area contributed by atoms with E-state index in [1.54, 1.807) is 7.11 Å². The smallest absolute Gasteiger partial charge is 0.194 e. The summed E-state index contributed by atoms with van der Waals surface area (Å²) in [6.45, 7) is 6.63. The molecule has 1 unspecified atom stereocenters. The third kappa shape index (κ3) is 6.12. The first-order valence-corrected chi connectivity index (χ1v) is 8.42. The molecule has 0 aromatic heterocycles. The summed E-state index contributed by atoms with van der Waals surface area (Å²) in [5.41, 5.74) is 2.45. The van der Waals surface area contributed by atoms with Crippen LogP contribution in [0.15, 0.2) is 29.3 Å². The van der Waals surface area contributed by atoms with Gasteiger partial charge in [-0.05, 0) is 31.0 Å². The van der Waals surface area contributed by atoms with E-state index in [-0.39, 0.29) is 24.0 Å². The van der Waals surface area contributed by atoms with Crippen LogP contribution in [0.25, 0.3) is 0 Å². The van der Waals surface area contributed by atoms with E-state index in [9.17, 15) is 0 Å². The van der Waals surface area contributed by atoms with Crippen LogP contribution in [-0.2, 0) is 11.3 Å². The largest absolute Gasteiger partial charge is 0.384 e. The lowest BCUT2D eigenvalue weighted by Crippen LogP contribution is -2.40. The minimum absolute atomic E-state index is 0. The summed E-state index contributed by atoms with van der Waals surface area (Å²) in [4.78, 5) is 9.27. The fraction of sp³-hybridized carbons (Fsp3) is 0.611. The molecule has 1 saturated heterocycles. The second-order valence-electron chi connectivity index (χ2n) is 6.29. The van der Waals surface area contributed by atoms with Gasteiger partial charge in [0.05, 0.1) is 13.2 Å². The van der Waals surface area contributed by atoms with Gasteiger partial charge in [-0.2, -0.15) is 0 Å². The molecule has 2 rings (SSSR count). The zero-order valence-corrected chi connectivity index (χ0v) is 17.6. The fourth-order valence-electron chi connectivity index (χ4n) is 2.89. The van der Waals surface area contributed by atoms with Gasteiger partial charge in [0.2, 0.25) is 0 Å². The summed E-state index contributed by atoms with van der Waals surface area (Å²) >= 11 is 0. The average Bonchev–Trinajstić information content (AvgIpc) is 3.00. The molecule has 0 aliphatic carbocycles. The zero-order chi connectivity index (χ0) is 16.7. The van der Waals surface area contributed by atoms with Crippen LogP contribution in [0.3, 0.4) is 0 Å². The molecule has 0 radical (unpaired) electrons. The summed E-state index contributed by atoms with van der Waals surface area (Å²) in [7, 11) is 5.89. The Bertz CT molecular complexity index is 504. The van der Waals surface area contributed by atoms with Gasteiger partial charge < -0.3 is 19.9 Å². The molecule has 1 aromatic rings. The number of aliphatic imine (C=N–C) groups is 1. The quantitative estimate of drug-likeness (QED) is 0.415. The second kappa shape index (κ2) is 10.8.